The Kier molecular flexibility index (Phi) is 5.36. The molecule has 28 heavy (non-hydrogen) atoms. The minimum Gasteiger partial charge on any atom is -0.280 e. The molecule has 1 unspecified atom stereocenters. The summed E-state index contributed by atoms with van der Waals surface area (Å²) in [6.45, 7) is 6.54. The summed E-state index contributed by atoms with van der Waals surface area (Å²) in [5, 5.41) is 9.14. The lowest BCUT2D eigenvalue weighted by molar-refractivity contribution is 0.593. The summed E-state index contributed by atoms with van der Waals surface area (Å²) in [5.41, 5.74) is 4.47. The van der Waals surface area contributed by atoms with Gasteiger partial charge >= 0.3 is 0 Å². The Hall–Kier alpha value is -2.40. The highest BCUT2D eigenvalue weighted by Gasteiger charge is 2.29. The fourth-order valence-electron chi connectivity index (χ4n) is 3.76. The van der Waals surface area contributed by atoms with Gasteiger partial charge in [0.25, 0.3) is 0 Å². The van der Waals surface area contributed by atoms with E-state index in [0.29, 0.717) is 0 Å². The molecule has 0 radical (unpaired) electrons. The number of benzene rings is 2. The Morgan fingerprint density at radius 2 is 1.89 bits per heavy atom. The maximum atomic E-state index is 5.25. The molecule has 0 fully saturated rings. The quantitative estimate of drug-likeness (QED) is 0.517. The van der Waals surface area contributed by atoms with Gasteiger partial charge in [-0.25, -0.2) is 0 Å². The van der Waals surface area contributed by atoms with Crippen molar-refractivity contribution in [3.63, 3.8) is 0 Å². The molecule has 4 rings (SSSR count). The average Bonchev–Trinajstić information content (AvgIpc) is 3.11. The van der Waals surface area contributed by atoms with Gasteiger partial charge in [-0.3, -0.25) is 9.56 Å². The Labute approximate surface area is 171 Å². The molecular formula is C23H26N4S. The van der Waals surface area contributed by atoms with Crippen molar-refractivity contribution in [1.82, 2.24) is 14.8 Å². The van der Waals surface area contributed by atoms with Crippen LogP contribution in [0.2, 0.25) is 0 Å². The number of hydrogen-bond donors (Lipinski definition) is 0. The SMILES string of the molecule is CCCC1N=C(c2cccc(SC)c2)c2ccccc2-n2c(C(C)C)nnc21. The first-order valence-corrected chi connectivity index (χ1v) is 11.1. The Balaban J connectivity index is 1.99. The summed E-state index contributed by atoms with van der Waals surface area (Å²) in [4.78, 5) is 6.50. The highest BCUT2D eigenvalue weighted by atomic mass is 32.2. The standard InChI is InChI=1S/C23H26N4S/c1-5-9-19-23-26-25-22(15(2)3)27(23)20-13-7-6-12-18(20)21(24-19)16-10-8-11-17(14-16)28-4/h6-8,10-15,19H,5,9H2,1-4H3. The van der Waals surface area contributed by atoms with Gasteiger partial charge in [0.15, 0.2) is 5.82 Å². The van der Waals surface area contributed by atoms with Crippen molar-refractivity contribution >= 4 is 17.5 Å². The van der Waals surface area contributed by atoms with Gasteiger partial charge in [-0.15, -0.1) is 22.0 Å². The normalized spacial score (nSPS) is 15.8. The number of aliphatic imine (C=N–C) groups is 1. The average molecular weight is 391 g/mol. The molecule has 5 heteroatoms. The van der Waals surface area contributed by atoms with E-state index in [2.05, 4.69) is 90.3 Å². The lowest BCUT2D eigenvalue weighted by Crippen LogP contribution is -2.10. The molecule has 0 amide bonds. The van der Waals surface area contributed by atoms with Gasteiger partial charge in [0.05, 0.1) is 11.4 Å². The summed E-state index contributed by atoms with van der Waals surface area (Å²) in [6, 6.07) is 17.2. The van der Waals surface area contributed by atoms with E-state index in [1.807, 2.05) is 0 Å². The van der Waals surface area contributed by atoms with Gasteiger partial charge in [-0.1, -0.05) is 57.5 Å². The largest absolute Gasteiger partial charge is 0.280 e. The molecule has 0 spiro atoms. The first kappa shape index (κ1) is 18.9. The van der Waals surface area contributed by atoms with E-state index in [0.717, 1.165) is 47.0 Å². The van der Waals surface area contributed by atoms with Crippen LogP contribution in [0.3, 0.4) is 0 Å². The van der Waals surface area contributed by atoms with Crippen LogP contribution in [0.15, 0.2) is 58.4 Å². The monoisotopic (exact) mass is 390 g/mol. The van der Waals surface area contributed by atoms with Crippen molar-refractivity contribution in [3.8, 4) is 5.69 Å². The van der Waals surface area contributed by atoms with Gasteiger partial charge in [-0.05, 0) is 30.9 Å². The zero-order chi connectivity index (χ0) is 19.7. The van der Waals surface area contributed by atoms with E-state index >= 15 is 0 Å². The molecule has 4 nitrogen and oxygen atoms in total. The molecule has 2 aromatic carbocycles. The fraction of sp³-hybridized carbons (Fsp3) is 0.348. The lowest BCUT2D eigenvalue weighted by atomic mass is 10.00. The second-order valence-corrected chi connectivity index (χ2v) is 8.32. The van der Waals surface area contributed by atoms with Crippen LogP contribution in [0, 0.1) is 0 Å². The van der Waals surface area contributed by atoms with Crippen LogP contribution >= 0.6 is 11.8 Å². The van der Waals surface area contributed by atoms with Crippen molar-refractivity contribution in [1.29, 1.82) is 0 Å². The Morgan fingerprint density at radius 3 is 2.64 bits per heavy atom. The van der Waals surface area contributed by atoms with E-state index in [-0.39, 0.29) is 12.0 Å². The van der Waals surface area contributed by atoms with E-state index in [9.17, 15) is 0 Å². The number of para-hydroxylation sites is 1. The van der Waals surface area contributed by atoms with Crippen molar-refractivity contribution in [2.45, 2.75) is 50.5 Å². The number of fused-ring (bicyclic) bond motifs is 3. The van der Waals surface area contributed by atoms with Gasteiger partial charge in [0.1, 0.15) is 11.9 Å². The van der Waals surface area contributed by atoms with Crippen LogP contribution in [0.25, 0.3) is 5.69 Å². The van der Waals surface area contributed by atoms with Crippen LogP contribution in [0.4, 0.5) is 0 Å². The Bertz CT molecular complexity index is 1020. The third kappa shape index (κ3) is 3.28. The summed E-state index contributed by atoms with van der Waals surface area (Å²) >= 11 is 1.76. The summed E-state index contributed by atoms with van der Waals surface area (Å²) in [7, 11) is 0. The van der Waals surface area contributed by atoms with Crippen LogP contribution in [0.5, 0.6) is 0 Å². The predicted octanol–water partition coefficient (Wildman–Crippen LogP) is 5.80. The molecule has 1 aliphatic rings. The number of hydrogen-bond acceptors (Lipinski definition) is 4. The molecule has 1 aromatic heterocycles. The molecule has 2 heterocycles. The van der Waals surface area contributed by atoms with Gasteiger partial charge in [0, 0.05) is 21.9 Å². The first-order chi connectivity index (χ1) is 13.6. The van der Waals surface area contributed by atoms with Crippen LogP contribution < -0.4 is 0 Å². The topological polar surface area (TPSA) is 43.1 Å². The van der Waals surface area contributed by atoms with E-state index in [1.54, 1.807) is 11.8 Å². The number of rotatable bonds is 5. The molecule has 1 aliphatic heterocycles. The summed E-state index contributed by atoms with van der Waals surface area (Å²) in [6.07, 6.45) is 4.11. The first-order valence-electron chi connectivity index (χ1n) is 9.91. The molecule has 0 saturated heterocycles. The molecule has 1 atom stereocenters. The molecule has 3 aromatic rings. The minimum atomic E-state index is 0.00494. The van der Waals surface area contributed by atoms with Crippen LogP contribution in [-0.4, -0.2) is 26.7 Å². The zero-order valence-electron chi connectivity index (χ0n) is 16.9. The Morgan fingerprint density at radius 1 is 1.07 bits per heavy atom. The van der Waals surface area contributed by atoms with Crippen LogP contribution in [-0.2, 0) is 0 Å². The van der Waals surface area contributed by atoms with Crippen molar-refractivity contribution in [3.05, 3.63) is 71.3 Å². The third-order valence-electron chi connectivity index (χ3n) is 5.12. The molecule has 0 saturated carbocycles. The summed E-state index contributed by atoms with van der Waals surface area (Å²) < 4.78 is 2.25. The van der Waals surface area contributed by atoms with Crippen molar-refractivity contribution in [2.75, 3.05) is 6.26 Å². The van der Waals surface area contributed by atoms with Crippen molar-refractivity contribution in [2.24, 2.45) is 4.99 Å². The third-order valence-corrected chi connectivity index (χ3v) is 5.84. The molecule has 0 N–H and O–H groups in total. The van der Waals surface area contributed by atoms with Gasteiger partial charge in [0.2, 0.25) is 0 Å². The highest BCUT2D eigenvalue weighted by molar-refractivity contribution is 7.98. The predicted molar refractivity (Wildman–Crippen MR) is 117 cm³/mol. The summed E-state index contributed by atoms with van der Waals surface area (Å²) in [5.74, 6) is 2.24. The number of aromatic nitrogens is 3. The van der Waals surface area contributed by atoms with Gasteiger partial charge in [-0.2, -0.15) is 0 Å². The molecule has 0 bridgehead atoms. The highest BCUT2D eigenvalue weighted by Crippen LogP contribution is 2.34. The van der Waals surface area contributed by atoms with Crippen LogP contribution in [0.1, 0.15) is 68.3 Å². The smallest absolute Gasteiger partial charge is 0.162 e. The second-order valence-electron chi connectivity index (χ2n) is 7.44. The van der Waals surface area contributed by atoms with E-state index < -0.39 is 0 Å². The van der Waals surface area contributed by atoms with E-state index in [1.165, 1.54) is 4.90 Å². The lowest BCUT2D eigenvalue weighted by Gasteiger charge is -2.15. The molecule has 144 valence electrons. The molecular weight excluding hydrogens is 364 g/mol. The maximum absolute atomic E-state index is 5.25. The fourth-order valence-corrected chi connectivity index (χ4v) is 4.22. The number of thioether (sulfide) groups is 1. The zero-order valence-corrected chi connectivity index (χ0v) is 17.7. The maximum Gasteiger partial charge on any atom is 0.162 e. The van der Waals surface area contributed by atoms with E-state index in [4.69, 9.17) is 4.99 Å². The second kappa shape index (κ2) is 7.92. The minimum absolute atomic E-state index is 0.00494. The van der Waals surface area contributed by atoms with Gasteiger partial charge < -0.3 is 0 Å². The molecule has 0 aliphatic carbocycles. The number of nitrogens with zero attached hydrogens (tertiary/aromatic N) is 4. The van der Waals surface area contributed by atoms with Crippen molar-refractivity contribution < 1.29 is 0 Å².